The predicted octanol–water partition coefficient (Wildman–Crippen LogP) is 4.88. The number of nitrogens with one attached hydrogen (secondary N) is 1. The lowest BCUT2D eigenvalue weighted by Crippen LogP contribution is -2.56. The summed E-state index contributed by atoms with van der Waals surface area (Å²) in [4.78, 5) is 17.2. The molecule has 0 fully saturated rings. The number of aromatic nitrogens is 1. The molecule has 0 bridgehead atoms. The van der Waals surface area contributed by atoms with Gasteiger partial charge in [0, 0.05) is 11.6 Å². The van der Waals surface area contributed by atoms with Crippen molar-refractivity contribution in [2.45, 2.75) is 71.5 Å². The maximum atomic E-state index is 14.3. The summed E-state index contributed by atoms with van der Waals surface area (Å²) >= 11 is 5.92. The highest BCUT2D eigenvalue weighted by Crippen LogP contribution is 2.27. The monoisotopic (exact) mass is 384 g/mol. The molecule has 8 heteroatoms. The second-order valence-electron chi connectivity index (χ2n) is 7.11. The molecule has 6 nitrogen and oxygen atoms in total. The number of nitriles is 1. The molecule has 1 aromatic rings. The van der Waals surface area contributed by atoms with Gasteiger partial charge in [0.1, 0.15) is 11.2 Å². The zero-order chi connectivity index (χ0) is 20.1. The number of anilines is 1. The van der Waals surface area contributed by atoms with Crippen molar-refractivity contribution in [1.82, 2.24) is 9.88 Å². The van der Waals surface area contributed by atoms with Gasteiger partial charge in [-0.3, -0.25) is 4.90 Å². The van der Waals surface area contributed by atoms with Gasteiger partial charge in [-0.05, 0) is 39.7 Å². The SMILES string of the molecule is CCC[C@@H](Nc1nc(Cl)c(C#N)cc1F)[C@H](CC)N(C(=O)O)C(C)(C)C. The number of amides is 1. The maximum Gasteiger partial charge on any atom is 0.408 e. The minimum absolute atomic E-state index is 0.0457. The van der Waals surface area contributed by atoms with Crippen LogP contribution in [-0.4, -0.2) is 38.7 Å². The summed E-state index contributed by atoms with van der Waals surface area (Å²) in [6.45, 7) is 9.34. The van der Waals surface area contributed by atoms with Gasteiger partial charge >= 0.3 is 6.09 Å². The van der Waals surface area contributed by atoms with Gasteiger partial charge in [0.05, 0.1) is 11.6 Å². The lowest BCUT2D eigenvalue weighted by molar-refractivity contribution is 0.0607. The molecule has 0 radical (unpaired) electrons. The van der Waals surface area contributed by atoms with Crippen molar-refractivity contribution in [1.29, 1.82) is 5.26 Å². The predicted molar refractivity (Wildman–Crippen MR) is 99.9 cm³/mol. The number of hydrogen-bond acceptors (Lipinski definition) is 4. The van der Waals surface area contributed by atoms with Crippen LogP contribution < -0.4 is 5.32 Å². The molecule has 0 aliphatic heterocycles. The molecular weight excluding hydrogens is 359 g/mol. The summed E-state index contributed by atoms with van der Waals surface area (Å²) in [5, 5.41) is 21.5. The van der Waals surface area contributed by atoms with Crippen LogP contribution in [0.4, 0.5) is 15.0 Å². The Balaban J connectivity index is 3.27. The van der Waals surface area contributed by atoms with Crippen LogP contribution in [-0.2, 0) is 0 Å². The Labute approximate surface area is 159 Å². The quantitative estimate of drug-likeness (QED) is 0.653. The van der Waals surface area contributed by atoms with Crippen molar-refractivity contribution in [2.75, 3.05) is 5.32 Å². The van der Waals surface area contributed by atoms with E-state index in [-0.39, 0.29) is 28.6 Å². The van der Waals surface area contributed by atoms with Crippen LogP contribution in [0.15, 0.2) is 6.07 Å². The molecule has 2 atom stereocenters. The first-order valence-corrected chi connectivity index (χ1v) is 8.99. The number of halogens is 2. The molecular formula is C18H26ClFN4O2. The molecule has 1 aromatic heterocycles. The van der Waals surface area contributed by atoms with Crippen LogP contribution in [0.3, 0.4) is 0 Å². The normalized spacial score (nSPS) is 13.6. The number of carboxylic acid groups (broad SMARTS) is 1. The van der Waals surface area contributed by atoms with Crippen LogP contribution in [0, 0.1) is 17.1 Å². The summed E-state index contributed by atoms with van der Waals surface area (Å²) in [5.41, 5.74) is -0.662. The first-order chi connectivity index (χ1) is 12.1. The topological polar surface area (TPSA) is 89.3 Å². The van der Waals surface area contributed by atoms with E-state index in [2.05, 4.69) is 10.3 Å². The first-order valence-electron chi connectivity index (χ1n) is 8.61. The van der Waals surface area contributed by atoms with Gasteiger partial charge in [-0.25, -0.2) is 14.2 Å². The second kappa shape index (κ2) is 9.04. The molecule has 1 heterocycles. The molecule has 2 N–H and O–H groups in total. The minimum Gasteiger partial charge on any atom is -0.465 e. The average molecular weight is 385 g/mol. The maximum absolute atomic E-state index is 14.3. The molecule has 0 aliphatic carbocycles. The van der Waals surface area contributed by atoms with Crippen molar-refractivity contribution in [3.8, 4) is 6.07 Å². The largest absolute Gasteiger partial charge is 0.465 e. The molecule has 0 unspecified atom stereocenters. The van der Waals surface area contributed by atoms with E-state index in [0.29, 0.717) is 12.8 Å². The highest BCUT2D eigenvalue weighted by Gasteiger charge is 2.37. The number of hydrogen-bond donors (Lipinski definition) is 2. The Morgan fingerprint density at radius 1 is 1.50 bits per heavy atom. The minimum atomic E-state index is -1.03. The molecule has 0 aliphatic rings. The van der Waals surface area contributed by atoms with Gasteiger partial charge in [-0.1, -0.05) is 31.9 Å². The molecule has 0 spiro atoms. The van der Waals surface area contributed by atoms with Gasteiger partial charge in [-0.15, -0.1) is 0 Å². The van der Waals surface area contributed by atoms with Gasteiger partial charge in [-0.2, -0.15) is 5.26 Å². The lowest BCUT2D eigenvalue weighted by atomic mass is 9.94. The van der Waals surface area contributed by atoms with Crippen molar-refractivity contribution in [3.63, 3.8) is 0 Å². The highest BCUT2D eigenvalue weighted by molar-refractivity contribution is 6.30. The van der Waals surface area contributed by atoms with E-state index < -0.39 is 17.4 Å². The standard InChI is InChI=1S/C18H26ClFN4O2/c1-6-8-13(14(7-2)24(17(25)26)18(3,4)5)22-16-12(20)9-11(10-21)15(19)23-16/h9,13-14H,6-8H2,1-5H3,(H,22,23)(H,25,26)/t13-,14+/m1/s1. The van der Waals surface area contributed by atoms with E-state index in [1.54, 1.807) is 6.07 Å². The van der Waals surface area contributed by atoms with Crippen molar-refractivity contribution >= 4 is 23.5 Å². The molecule has 144 valence electrons. The Bertz CT molecular complexity index is 685. The first kappa shape index (κ1) is 22.0. The van der Waals surface area contributed by atoms with E-state index in [0.717, 1.165) is 12.5 Å². The zero-order valence-corrected chi connectivity index (χ0v) is 16.6. The summed E-state index contributed by atoms with van der Waals surface area (Å²) in [6.07, 6.45) is 0.917. The number of carbonyl (C=O) groups is 1. The fourth-order valence-electron chi connectivity index (χ4n) is 3.07. The van der Waals surface area contributed by atoms with Crippen LogP contribution in [0.2, 0.25) is 5.15 Å². The zero-order valence-electron chi connectivity index (χ0n) is 15.8. The summed E-state index contributed by atoms with van der Waals surface area (Å²) in [6, 6.07) is 2.07. The Kier molecular flexibility index (Phi) is 7.64. The van der Waals surface area contributed by atoms with E-state index in [4.69, 9.17) is 16.9 Å². The molecule has 0 saturated carbocycles. The van der Waals surface area contributed by atoms with Crippen molar-refractivity contribution in [3.05, 3.63) is 22.6 Å². The van der Waals surface area contributed by atoms with Crippen molar-refractivity contribution < 1.29 is 14.3 Å². The van der Waals surface area contributed by atoms with E-state index in [9.17, 15) is 14.3 Å². The smallest absolute Gasteiger partial charge is 0.408 e. The van der Waals surface area contributed by atoms with Crippen LogP contribution in [0.25, 0.3) is 0 Å². The van der Waals surface area contributed by atoms with E-state index in [1.807, 2.05) is 34.6 Å². The number of nitrogens with zero attached hydrogens (tertiary/aromatic N) is 3. The summed E-state index contributed by atoms with van der Waals surface area (Å²) in [7, 11) is 0. The summed E-state index contributed by atoms with van der Waals surface area (Å²) in [5.74, 6) is -0.773. The van der Waals surface area contributed by atoms with Crippen LogP contribution in [0.5, 0.6) is 0 Å². The Morgan fingerprint density at radius 2 is 2.12 bits per heavy atom. The molecule has 1 rings (SSSR count). The fourth-order valence-corrected chi connectivity index (χ4v) is 3.25. The lowest BCUT2D eigenvalue weighted by Gasteiger charge is -2.43. The summed E-state index contributed by atoms with van der Waals surface area (Å²) < 4.78 is 14.3. The average Bonchev–Trinajstić information content (AvgIpc) is 2.53. The Hall–Kier alpha value is -2.07. The third-order valence-corrected chi connectivity index (χ3v) is 4.40. The van der Waals surface area contributed by atoms with Gasteiger partial charge in [0.25, 0.3) is 0 Å². The van der Waals surface area contributed by atoms with Gasteiger partial charge in [0.2, 0.25) is 0 Å². The van der Waals surface area contributed by atoms with Gasteiger partial charge in [0.15, 0.2) is 11.6 Å². The van der Waals surface area contributed by atoms with E-state index >= 15 is 0 Å². The third-order valence-electron chi connectivity index (χ3n) is 4.11. The molecule has 26 heavy (non-hydrogen) atoms. The Morgan fingerprint density at radius 3 is 2.54 bits per heavy atom. The van der Waals surface area contributed by atoms with Crippen LogP contribution in [0.1, 0.15) is 59.4 Å². The van der Waals surface area contributed by atoms with E-state index in [1.165, 1.54) is 4.90 Å². The second-order valence-corrected chi connectivity index (χ2v) is 7.47. The number of pyridine rings is 1. The van der Waals surface area contributed by atoms with Crippen LogP contribution >= 0.6 is 11.6 Å². The third kappa shape index (κ3) is 5.21. The highest BCUT2D eigenvalue weighted by atomic mass is 35.5. The number of rotatable bonds is 7. The molecule has 0 aromatic carbocycles. The van der Waals surface area contributed by atoms with Gasteiger partial charge < -0.3 is 10.4 Å². The van der Waals surface area contributed by atoms with Crippen molar-refractivity contribution in [2.24, 2.45) is 0 Å². The molecule has 1 amide bonds. The molecule has 0 saturated heterocycles. The fraction of sp³-hybridized carbons (Fsp3) is 0.611.